The lowest BCUT2D eigenvalue weighted by molar-refractivity contribution is -0.00125. The number of fused-ring (bicyclic) bond motifs is 2. The second-order valence-electron chi connectivity index (χ2n) is 7.60. The van der Waals surface area contributed by atoms with E-state index in [9.17, 15) is 14.4 Å². The molecule has 0 aliphatic heterocycles. The summed E-state index contributed by atoms with van der Waals surface area (Å²) in [5.74, 6) is -1.80. The Morgan fingerprint density at radius 2 is 1.56 bits per heavy atom. The fourth-order valence-corrected chi connectivity index (χ4v) is 5.36. The Labute approximate surface area is 203 Å². The third-order valence-corrected chi connectivity index (χ3v) is 7.11. The van der Waals surface area contributed by atoms with Crippen molar-refractivity contribution in [3.63, 3.8) is 0 Å². The van der Waals surface area contributed by atoms with Crippen molar-refractivity contribution >= 4 is 60.8 Å². The molecule has 0 saturated heterocycles. The van der Waals surface area contributed by atoms with E-state index in [2.05, 4.69) is 0 Å². The van der Waals surface area contributed by atoms with Crippen molar-refractivity contribution < 1.29 is 33.7 Å². The molecule has 4 rings (SSSR count). The largest absolute Gasteiger partial charge is 0.478 e. The normalized spacial score (nSPS) is 12.1. The van der Waals surface area contributed by atoms with Crippen molar-refractivity contribution in [1.29, 1.82) is 0 Å². The highest BCUT2D eigenvalue weighted by Crippen LogP contribution is 2.29. The van der Waals surface area contributed by atoms with Gasteiger partial charge in [-0.05, 0) is 60.5 Å². The quantitative estimate of drug-likeness (QED) is 0.293. The summed E-state index contributed by atoms with van der Waals surface area (Å²) in [6.07, 6.45) is -0.465. The lowest BCUT2D eigenvalue weighted by Gasteiger charge is -2.13. The van der Waals surface area contributed by atoms with E-state index >= 15 is 0 Å². The molecule has 0 radical (unpaired) electrons. The summed E-state index contributed by atoms with van der Waals surface area (Å²) in [6, 6.07) is 14.1. The molecular formula is C25H22O7S2. The Balaban J connectivity index is 1.31. The molecule has 0 bridgehead atoms. The molecule has 4 aromatic rings. The Morgan fingerprint density at radius 1 is 0.912 bits per heavy atom. The molecule has 2 heterocycles. The second kappa shape index (κ2) is 10.3. The second-order valence-corrected chi connectivity index (χ2v) is 9.77. The number of carboxylic acid groups (broad SMARTS) is 1. The van der Waals surface area contributed by atoms with Gasteiger partial charge in [0.05, 0.1) is 25.4 Å². The van der Waals surface area contributed by atoms with Gasteiger partial charge < -0.3 is 19.3 Å². The molecule has 34 heavy (non-hydrogen) atoms. The Kier molecular flexibility index (Phi) is 7.26. The van der Waals surface area contributed by atoms with Crippen LogP contribution in [-0.2, 0) is 20.8 Å². The summed E-state index contributed by atoms with van der Waals surface area (Å²) in [6.45, 7) is 4.42. The van der Waals surface area contributed by atoms with Crippen molar-refractivity contribution in [1.82, 2.24) is 0 Å². The maximum Gasteiger partial charge on any atom is 0.348 e. The molecule has 0 amide bonds. The van der Waals surface area contributed by atoms with Crippen LogP contribution in [0.1, 0.15) is 49.1 Å². The molecule has 1 atom stereocenters. The Bertz CT molecular complexity index is 1370. The topological polar surface area (TPSA) is 99.1 Å². The van der Waals surface area contributed by atoms with Gasteiger partial charge in [0, 0.05) is 9.40 Å². The van der Waals surface area contributed by atoms with Crippen molar-refractivity contribution in [2.45, 2.75) is 26.6 Å². The average Bonchev–Trinajstić information content (AvgIpc) is 3.42. The molecule has 0 saturated carbocycles. The predicted octanol–water partition coefficient (Wildman–Crippen LogP) is 5.75. The molecule has 7 nitrogen and oxygen atoms in total. The van der Waals surface area contributed by atoms with Gasteiger partial charge in [-0.3, -0.25) is 0 Å². The highest BCUT2D eigenvalue weighted by molar-refractivity contribution is 7.21. The van der Waals surface area contributed by atoms with Crippen molar-refractivity contribution in [3.8, 4) is 0 Å². The van der Waals surface area contributed by atoms with Crippen LogP contribution in [0.3, 0.4) is 0 Å². The zero-order valence-electron chi connectivity index (χ0n) is 18.5. The van der Waals surface area contributed by atoms with Crippen LogP contribution in [0.25, 0.3) is 20.2 Å². The van der Waals surface area contributed by atoms with Crippen LogP contribution in [0.4, 0.5) is 0 Å². The van der Waals surface area contributed by atoms with Gasteiger partial charge in [0.1, 0.15) is 15.9 Å². The fourth-order valence-electron chi connectivity index (χ4n) is 3.35. The summed E-state index contributed by atoms with van der Waals surface area (Å²) in [5.41, 5.74) is 1.12. The molecule has 1 N–H and O–H groups in total. The number of hydrogen-bond acceptors (Lipinski definition) is 8. The minimum absolute atomic E-state index is 0.175. The number of thiophene rings is 2. The first-order valence-corrected chi connectivity index (χ1v) is 12.2. The number of aromatic carboxylic acids is 1. The standard InChI is InChI=1S/C25H22O7S2/c1-3-31-24(28)21-9-16-5-4-15(8-19(16)33-21)13-30-12-14(2)32-25(29)22-10-17-6-7-18(23(26)27)11-20(17)34-22/h4-11,14H,3,12-13H2,1-2H3,(H,26,27). The molecular weight excluding hydrogens is 476 g/mol. The molecule has 2 aromatic heterocycles. The van der Waals surface area contributed by atoms with E-state index in [0.717, 1.165) is 21.0 Å². The van der Waals surface area contributed by atoms with E-state index in [1.807, 2.05) is 24.3 Å². The number of carbonyl (C=O) groups excluding carboxylic acids is 2. The lowest BCUT2D eigenvalue weighted by atomic mass is 10.2. The average molecular weight is 499 g/mol. The van der Waals surface area contributed by atoms with Gasteiger partial charge in [0.15, 0.2) is 0 Å². The molecule has 0 fully saturated rings. The number of hydrogen-bond donors (Lipinski definition) is 1. The van der Waals surface area contributed by atoms with Gasteiger partial charge in [-0.1, -0.05) is 18.2 Å². The lowest BCUT2D eigenvalue weighted by Crippen LogP contribution is -2.19. The van der Waals surface area contributed by atoms with E-state index in [1.165, 1.54) is 28.7 Å². The summed E-state index contributed by atoms with van der Waals surface area (Å²) in [5, 5.41) is 10.9. The van der Waals surface area contributed by atoms with Crippen LogP contribution in [0.15, 0.2) is 48.5 Å². The zero-order valence-corrected chi connectivity index (χ0v) is 20.2. The summed E-state index contributed by atoms with van der Waals surface area (Å²) in [7, 11) is 0. The van der Waals surface area contributed by atoms with E-state index in [0.29, 0.717) is 27.7 Å². The van der Waals surface area contributed by atoms with Gasteiger partial charge in [0.2, 0.25) is 0 Å². The molecule has 0 aliphatic rings. The minimum atomic E-state index is -1.01. The van der Waals surface area contributed by atoms with E-state index in [4.69, 9.17) is 19.3 Å². The maximum absolute atomic E-state index is 12.5. The van der Waals surface area contributed by atoms with Gasteiger partial charge in [-0.25, -0.2) is 14.4 Å². The monoisotopic (exact) mass is 498 g/mol. The molecule has 0 spiro atoms. The third-order valence-electron chi connectivity index (χ3n) is 4.96. The zero-order chi connectivity index (χ0) is 24.2. The number of esters is 2. The van der Waals surface area contributed by atoms with Crippen LogP contribution < -0.4 is 0 Å². The van der Waals surface area contributed by atoms with E-state index in [-0.39, 0.29) is 18.1 Å². The molecule has 1 unspecified atom stereocenters. The molecule has 9 heteroatoms. The fraction of sp³-hybridized carbons (Fsp3) is 0.240. The van der Waals surface area contributed by atoms with Crippen LogP contribution in [0.5, 0.6) is 0 Å². The Morgan fingerprint density at radius 3 is 2.24 bits per heavy atom. The summed E-state index contributed by atoms with van der Waals surface area (Å²) in [4.78, 5) is 36.5. The Hall–Kier alpha value is -3.27. The number of ether oxygens (including phenoxy) is 3. The van der Waals surface area contributed by atoms with Gasteiger partial charge >= 0.3 is 17.9 Å². The first-order chi connectivity index (χ1) is 16.3. The van der Waals surface area contributed by atoms with E-state index in [1.54, 1.807) is 32.0 Å². The van der Waals surface area contributed by atoms with Gasteiger partial charge in [-0.2, -0.15) is 0 Å². The van der Waals surface area contributed by atoms with Gasteiger partial charge in [-0.15, -0.1) is 22.7 Å². The minimum Gasteiger partial charge on any atom is -0.478 e. The smallest absolute Gasteiger partial charge is 0.348 e. The highest BCUT2D eigenvalue weighted by Gasteiger charge is 2.17. The highest BCUT2D eigenvalue weighted by atomic mass is 32.1. The van der Waals surface area contributed by atoms with Crippen molar-refractivity contribution in [2.75, 3.05) is 13.2 Å². The first-order valence-electron chi connectivity index (χ1n) is 10.6. The van der Waals surface area contributed by atoms with E-state index < -0.39 is 18.0 Å². The number of rotatable bonds is 9. The number of carboxylic acids is 1. The molecule has 0 aliphatic carbocycles. The number of benzene rings is 2. The summed E-state index contributed by atoms with van der Waals surface area (Å²) < 4.78 is 18.0. The van der Waals surface area contributed by atoms with Gasteiger partial charge in [0.25, 0.3) is 0 Å². The third kappa shape index (κ3) is 5.44. The molecule has 2 aromatic carbocycles. The van der Waals surface area contributed by atoms with Crippen molar-refractivity contribution in [2.24, 2.45) is 0 Å². The number of carbonyl (C=O) groups is 3. The van der Waals surface area contributed by atoms with Crippen LogP contribution in [0, 0.1) is 0 Å². The first kappa shape index (κ1) is 23.9. The molecule has 176 valence electrons. The van der Waals surface area contributed by atoms with Crippen LogP contribution >= 0.6 is 22.7 Å². The SMILES string of the molecule is CCOC(=O)c1cc2ccc(COCC(C)OC(=O)c3cc4ccc(C(=O)O)cc4s3)cc2s1. The van der Waals surface area contributed by atoms with Crippen LogP contribution in [0.2, 0.25) is 0 Å². The van der Waals surface area contributed by atoms with Crippen LogP contribution in [-0.4, -0.2) is 42.3 Å². The predicted molar refractivity (Wildman–Crippen MR) is 131 cm³/mol. The maximum atomic E-state index is 12.5. The van der Waals surface area contributed by atoms with Crippen molar-refractivity contribution in [3.05, 3.63) is 69.4 Å². The summed E-state index contributed by atoms with van der Waals surface area (Å²) >= 11 is 2.58.